The van der Waals surface area contributed by atoms with Crippen LogP contribution in [-0.2, 0) is 19.7 Å². The molecule has 0 amide bonds. The molecule has 0 spiro atoms. The van der Waals surface area contributed by atoms with Gasteiger partial charge in [0.15, 0.2) is 6.61 Å². The first kappa shape index (κ1) is 18.8. The average Bonchev–Trinajstić information content (AvgIpc) is 2.92. The SMILES string of the molecule is CCOC(=O)COc1ccc2oc(C(C)(C)C)c(C(=O)OCC)c2c1. The molecule has 0 fully saturated rings. The number of hydrogen-bond acceptors (Lipinski definition) is 6. The predicted octanol–water partition coefficient (Wildman–Crippen LogP) is 3.85. The van der Waals surface area contributed by atoms with Crippen molar-refractivity contribution in [1.82, 2.24) is 0 Å². The lowest BCUT2D eigenvalue weighted by Gasteiger charge is -2.16. The van der Waals surface area contributed by atoms with E-state index in [1.807, 2.05) is 20.8 Å². The lowest BCUT2D eigenvalue weighted by atomic mass is 9.89. The monoisotopic (exact) mass is 348 g/mol. The Kier molecular flexibility index (Phi) is 5.72. The minimum Gasteiger partial charge on any atom is -0.482 e. The van der Waals surface area contributed by atoms with Crippen LogP contribution in [0.15, 0.2) is 22.6 Å². The molecule has 6 heteroatoms. The highest BCUT2D eigenvalue weighted by Gasteiger charge is 2.30. The molecule has 136 valence electrons. The summed E-state index contributed by atoms with van der Waals surface area (Å²) in [5, 5.41) is 0.602. The summed E-state index contributed by atoms with van der Waals surface area (Å²) in [6.07, 6.45) is 0. The molecule has 0 aliphatic carbocycles. The quantitative estimate of drug-likeness (QED) is 0.738. The highest BCUT2D eigenvalue weighted by Crippen LogP contribution is 2.36. The number of furan rings is 1. The summed E-state index contributed by atoms with van der Waals surface area (Å²) >= 11 is 0. The molecular formula is C19H24O6. The van der Waals surface area contributed by atoms with Crippen LogP contribution in [0.2, 0.25) is 0 Å². The molecule has 0 saturated carbocycles. The van der Waals surface area contributed by atoms with E-state index < -0.39 is 11.9 Å². The summed E-state index contributed by atoms with van der Waals surface area (Å²) in [5.41, 5.74) is 0.593. The topological polar surface area (TPSA) is 75.0 Å². The molecule has 1 aromatic carbocycles. The highest BCUT2D eigenvalue weighted by molar-refractivity contribution is 6.05. The van der Waals surface area contributed by atoms with Gasteiger partial charge in [-0.15, -0.1) is 0 Å². The zero-order valence-electron chi connectivity index (χ0n) is 15.3. The van der Waals surface area contributed by atoms with Crippen LogP contribution >= 0.6 is 0 Å². The summed E-state index contributed by atoms with van der Waals surface area (Å²) in [5.74, 6) is 0.125. The van der Waals surface area contributed by atoms with Crippen molar-refractivity contribution in [2.75, 3.05) is 19.8 Å². The van der Waals surface area contributed by atoms with Gasteiger partial charge >= 0.3 is 11.9 Å². The van der Waals surface area contributed by atoms with Crippen molar-refractivity contribution in [3.63, 3.8) is 0 Å². The van der Waals surface area contributed by atoms with Crippen molar-refractivity contribution in [3.8, 4) is 5.75 Å². The standard InChI is InChI=1S/C19H24O6/c1-6-22-15(20)11-24-12-8-9-14-13(10-12)16(18(21)23-7-2)17(25-14)19(3,4)5/h8-10H,6-7,11H2,1-5H3. The molecule has 25 heavy (non-hydrogen) atoms. The second-order valence-electron chi connectivity index (χ2n) is 6.53. The minimum atomic E-state index is -0.448. The maximum absolute atomic E-state index is 12.5. The Morgan fingerprint density at radius 2 is 1.76 bits per heavy atom. The zero-order valence-corrected chi connectivity index (χ0v) is 15.3. The van der Waals surface area contributed by atoms with Crippen molar-refractivity contribution in [2.45, 2.75) is 40.0 Å². The Hall–Kier alpha value is -2.50. The number of rotatable bonds is 6. The average molecular weight is 348 g/mol. The molecule has 1 heterocycles. The van der Waals surface area contributed by atoms with Crippen LogP contribution in [-0.4, -0.2) is 31.8 Å². The van der Waals surface area contributed by atoms with Crippen LogP contribution < -0.4 is 4.74 Å². The number of carbonyl (C=O) groups is 2. The number of carbonyl (C=O) groups excluding carboxylic acids is 2. The summed E-state index contributed by atoms with van der Waals surface area (Å²) in [7, 11) is 0. The van der Waals surface area contributed by atoms with E-state index in [4.69, 9.17) is 18.6 Å². The maximum atomic E-state index is 12.5. The molecule has 2 rings (SSSR count). The van der Waals surface area contributed by atoms with Gasteiger partial charge in [0.2, 0.25) is 0 Å². The first-order valence-corrected chi connectivity index (χ1v) is 8.30. The van der Waals surface area contributed by atoms with Gasteiger partial charge in [-0.2, -0.15) is 0 Å². The van der Waals surface area contributed by atoms with Crippen LogP contribution in [0.5, 0.6) is 5.75 Å². The van der Waals surface area contributed by atoms with E-state index in [9.17, 15) is 9.59 Å². The molecule has 0 atom stereocenters. The van der Waals surface area contributed by atoms with E-state index in [1.54, 1.807) is 32.0 Å². The fourth-order valence-electron chi connectivity index (χ4n) is 2.45. The molecule has 0 radical (unpaired) electrons. The Labute approximate surface area is 147 Å². The number of ether oxygens (including phenoxy) is 3. The minimum absolute atomic E-state index is 0.196. The molecular weight excluding hydrogens is 324 g/mol. The third-order valence-electron chi connectivity index (χ3n) is 3.48. The number of hydrogen-bond donors (Lipinski definition) is 0. The summed E-state index contributed by atoms with van der Waals surface area (Å²) in [6.45, 7) is 9.75. The fraction of sp³-hybridized carbons (Fsp3) is 0.474. The third kappa shape index (κ3) is 4.32. The number of esters is 2. The van der Waals surface area contributed by atoms with E-state index in [-0.39, 0.29) is 18.6 Å². The smallest absolute Gasteiger partial charge is 0.344 e. The molecule has 0 N–H and O–H groups in total. The fourth-order valence-corrected chi connectivity index (χ4v) is 2.45. The zero-order chi connectivity index (χ0) is 18.6. The molecule has 2 aromatic rings. The summed E-state index contributed by atoms with van der Waals surface area (Å²) < 4.78 is 21.4. The Morgan fingerprint density at radius 1 is 1.08 bits per heavy atom. The first-order chi connectivity index (χ1) is 11.8. The second-order valence-corrected chi connectivity index (χ2v) is 6.53. The van der Waals surface area contributed by atoms with Crippen molar-refractivity contribution < 1.29 is 28.2 Å². The third-order valence-corrected chi connectivity index (χ3v) is 3.48. The van der Waals surface area contributed by atoms with Crippen LogP contribution in [0.1, 0.15) is 50.7 Å². The molecule has 0 unspecified atom stereocenters. The van der Waals surface area contributed by atoms with Crippen LogP contribution in [0, 0.1) is 0 Å². The van der Waals surface area contributed by atoms with Crippen molar-refractivity contribution >= 4 is 22.9 Å². The molecule has 0 aliphatic heterocycles. The predicted molar refractivity (Wildman–Crippen MR) is 93.0 cm³/mol. The van der Waals surface area contributed by atoms with E-state index >= 15 is 0 Å². The molecule has 0 aliphatic rings. The van der Waals surface area contributed by atoms with Gasteiger partial charge in [0.1, 0.15) is 22.7 Å². The van der Waals surface area contributed by atoms with Crippen molar-refractivity contribution in [2.24, 2.45) is 0 Å². The van der Waals surface area contributed by atoms with Crippen LogP contribution in [0.4, 0.5) is 0 Å². The first-order valence-electron chi connectivity index (χ1n) is 8.30. The molecule has 0 bridgehead atoms. The number of benzene rings is 1. The Bertz CT molecular complexity index is 766. The molecule has 6 nitrogen and oxygen atoms in total. The van der Waals surface area contributed by atoms with Crippen LogP contribution in [0.3, 0.4) is 0 Å². The van der Waals surface area contributed by atoms with Gasteiger partial charge in [0.05, 0.1) is 13.2 Å². The van der Waals surface area contributed by atoms with Gasteiger partial charge in [-0.05, 0) is 32.0 Å². The van der Waals surface area contributed by atoms with Gasteiger partial charge in [0.25, 0.3) is 0 Å². The number of fused-ring (bicyclic) bond motifs is 1. The second kappa shape index (κ2) is 7.59. The van der Waals surface area contributed by atoms with Crippen molar-refractivity contribution in [1.29, 1.82) is 0 Å². The molecule has 1 aromatic heterocycles. The summed E-state index contributed by atoms with van der Waals surface area (Å²) in [4.78, 5) is 23.9. The van der Waals surface area contributed by atoms with E-state index in [0.717, 1.165) is 0 Å². The Balaban J connectivity index is 2.43. The molecule has 0 saturated heterocycles. The summed E-state index contributed by atoms with van der Waals surface area (Å²) in [6, 6.07) is 5.08. The van der Waals surface area contributed by atoms with Gasteiger partial charge in [0, 0.05) is 10.8 Å². The normalized spacial score (nSPS) is 11.4. The highest BCUT2D eigenvalue weighted by atomic mass is 16.6. The van der Waals surface area contributed by atoms with E-state index in [1.165, 1.54) is 0 Å². The van der Waals surface area contributed by atoms with Gasteiger partial charge in [-0.25, -0.2) is 9.59 Å². The van der Waals surface area contributed by atoms with E-state index in [2.05, 4.69) is 0 Å². The lowest BCUT2D eigenvalue weighted by molar-refractivity contribution is -0.145. The Morgan fingerprint density at radius 3 is 2.36 bits per heavy atom. The largest absolute Gasteiger partial charge is 0.482 e. The van der Waals surface area contributed by atoms with Gasteiger partial charge in [-0.1, -0.05) is 20.8 Å². The van der Waals surface area contributed by atoms with E-state index in [0.29, 0.717) is 34.6 Å². The lowest BCUT2D eigenvalue weighted by Crippen LogP contribution is -2.16. The van der Waals surface area contributed by atoms with Crippen LogP contribution in [0.25, 0.3) is 11.0 Å². The van der Waals surface area contributed by atoms with Crippen molar-refractivity contribution in [3.05, 3.63) is 29.5 Å². The maximum Gasteiger partial charge on any atom is 0.344 e. The van der Waals surface area contributed by atoms with Gasteiger partial charge < -0.3 is 18.6 Å². The van der Waals surface area contributed by atoms with Gasteiger partial charge in [-0.3, -0.25) is 0 Å².